The minimum Gasteiger partial charge on any atom is -0.378 e. The highest BCUT2D eigenvalue weighted by Crippen LogP contribution is 2.40. The van der Waals surface area contributed by atoms with Crippen molar-refractivity contribution in [2.75, 3.05) is 48.0 Å². The zero-order valence-electron chi connectivity index (χ0n) is 18.9. The van der Waals surface area contributed by atoms with E-state index in [1.54, 1.807) is 6.07 Å². The second kappa shape index (κ2) is 9.94. The number of nitrogens with zero attached hydrogens (tertiary/aromatic N) is 4. The summed E-state index contributed by atoms with van der Waals surface area (Å²) >= 11 is 12.7. The fourth-order valence-electron chi connectivity index (χ4n) is 4.67. The molecule has 2 aliphatic rings. The molecule has 9 heteroatoms. The molecule has 1 atom stereocenters. The third-order valence-corrected chi connectivity index (χ3v) is 7.14. The lowest BCUT2D eigenvalue weighted by atomic mass is 10.0. The van der Waals surface area contributed by atoms with E-state index in [9.17, 15) is 4.39 Å². The van der Waals surface area contributed by atoms with Crippen LogP contribution in [-0.4, -0.2) is 43.0 Å². The van der Waals surface area contributed by atoms with Gasteiger partial charge in [0.05, 0.1) is 35.7 Å². The number of rotatable bonds is 5. The predicted molar refractivity (Wildman–Crippen MR) is 135 cm³/mol. The van der Waals surface area contributed by atoms with E-state index >= 15 is 0 Å². The van der Waals surface area contributed by atoms with E-state index in [2.05, 4.69) is 37.4 Å². The van der Waals surface area contributed by atoms with Gasteiger partial charge in [-0.1, -0.05) is 29.3 Å². The zero-order chi connectivity index (χ0) is 23.7. The van der Waals surface area contributed by atoms with E-state index in [1.165, 1.54) is 6.07 Å². The first-order valence-electron chi connectivity index (χ1n) is 11.5. The summed E-state index contributed by atoms with van der Waals surface area (Å²) in [5.74, 6) is 0.175. The Balaban J connectivity index is 1.42. The topological polar surface area (TPSA) is 53.5 Å². The van der Waals surface area contributed by atoms with Crippen molar-refractivity contribution in [1.82, 2.24) is 10.2 Å². The van der Waals surface area contributed by atoms with Crippen molar-refractivity contribution in [3.63, 3.8) is 0 Å². The first-order valence-corrected chi connectivity index (χ1v) is 12.2. The van der Waals surface area contributed by atoms with Gasteiger partial charge in [-0.15, -0.1) is 5.10 Å². The van der Waals surface area contributed by atoms with Crippen LogP contribution in [-0.2, 0) is 11.2 Å². The van der Waals surface area contributed by atoms with Gasteiger partial charge in [0.25, 0.3) is 0 Å². The molecule has 1 aromatic heterocycles. The Morgan fingerprint density at radius 3 is 2.71 bits per heavy atom. The molecule has 0 saturated carbocycles. The van der Waals surface area contributed by atoms with Crippen LogP contribution in [0.2, 0.25) is 10.0 Å². The van der Waals surface area contributed by atoms with Crippen molar-refractivity contribution in [1.29, 1.82) is 0 Å². The van der Waals surface area contributed by atoms with Crippen LogP contribution in [0.4, 0.5) is 27.3 Å². The third kappa shape index (κ3) is 4.65. The Labute approximate surface area is 208 Å². The normalized spacial score (nSPS) is 16.8. The van der Waals surface area contributed by atoms with Gasteiger partial charge in [-0.2, -0.15) is 5.10 Å². The fourth-order valence-corrected chi connectivity index (χ4v) is 5.35. The number of fused-ring (bicyclic) bond motifs is 1. The van der Waals surface area contributed by atoms with E-state index in [0.717, 1.165) is 68.4 Å². The Morgan fingerprint density at radius 2 is 1.88 bits per heavy atom. The molecular formula is C25H26Cl2FN5O. The van der Waals surface area contributed by atoms with Crippen molar-refractivity contribution >= 4 is 46.1 Å². The molecule has 2 aliphatic heterocycles. The molecule has 5 rings (SSSR count). The van der Waals surface area contributed by atoms with E-state index in [0.29, 0.717) is 16.4 Å². The average molecular weight is 502 g/mol. The highest BCUT2D eigenvalue weighted by molar-refractivity contribution is 6.36. The highest BCUT2D eigenvalue weighted by Gasteiger charge is 2.28. The first-order chi connectivity index (χ1) is 16.5. The number of aromatic nitrogens is 2. The smallest absolute Gasteiger partial charge is 0.155 e. The van der Waals surface area contributed by atoms with Gasteiger partial charge >= 0.3 is 0 Å². The molecule has 0 bridgehead atoms. The minimum atomic E-state index is -0.472. The second-order valence-corrected chi connectivity index (χ2v) is 9.35. The van der Waals surface area contributed by atoms with Crippen LogP contribution in [0, 0.1) is 5.82 Å². The lowest BCUT2D eigenvalue weighted by Crippen LogP contribution is -2.36. The summed E-state index contributed by atoms with van der Waals surface area (Å²) < 4.78 is 19.7. The summed E-state index contributed by atoms with van der Waals surface area (Å²) in [6, 6.07) is 12.9. The molecule has 1 N–H and O–H groups in total. The van der Waals surface area contributed by atoms with E-state index in [-0.39, 0.29) is 11.1 Å². The highest BCUT2D eigenvalue weighted by atomic mass is 35.5. The molecule has 3 heterocycles. The lowest BCUT2D eigenvalue weighted by molar-refractivity contribution is 0.122. The standard InChI is InChI=1S/C25H26Cl2FN5O/c1-16(24-19(26)7-8-20(28)25(24)27)33-9-3-6-21-22(33)15-23(31-30-21)29-17-4-2-5-18(14-17)32-10-12-34-13-11-32/h2,4-5,7-8,14-16H,3,6,9-13H2,1H3,(H,29,31)/t16-/m1/s1. The molecule has 0 unspecified atom stereocenters. The predicted octanol–water partition coefficient (Wildman–Crippen LogP) is 6.02. The lowest BCUT2D eigenvalue weighted by Gasteiger charge is -2.36. The molecule has 178 valence electrons. The van der Waals surface area contributed by atoms with Crippen LogP contribution in [0.3, 0.4) is 0 Å². The Kier molecular flexibility index (Phi) is 6.77. The summed E-state index contributed by atoms with van der Waals surface area (Å²) in [4.78, 5) is 4.48. The number of hydrogen-bond acceptors (Lipinski definition) is 6. The Bertz CT molecular complexity index is 1190. The van der Waals surface area contributed by atoms with Gasteiger partial charge in [-0.25, -0.2) is 4.39 Å². The first kappa shape index (κ1) is 23.1. The molecule has 0 amide bonds. The minimum absolute atomic E-state index is 0.0624. The van der Waals surface area contributed by atoms with Crippen LogP contribution in [0.5, 0.6) is 0 Å². The SMILES string of the molecule is C[C@H](c1c(Cl)ccc(F)c1Cl)N1CCCc2nnc(Nc3cccc(N4CCOCC4)c3)cc21. The van der Waals surface area contributed by atoms with Gasteiger partial charge in [0.1, 0.15) is 5.82 Å². The maximum Gasteiger partial charge on any atom is 0.155 e. The van der Waals surface area contributed by atoms with Crippen molar-refractivity contribution in [2.45, 2.75) is 25.8 Å². The summed E-state index contributed by atoms with van der Waals surface area (Å²) in [6.07, 6.45) is 1.76. The van der Waals surface area contributed by atoms with Crippen molar-refractivity contribution in [2.24, 2.45) is 0 Å². The molecule has 3 aromatic rings. The number of nitrogens with one attached hydrogen (secondary N) is 1. The van der Waals surface area contributed by atoms with E-state index in [4.69, 9.17) is 27.9 Å². The van der Waals surface area contributed by atoms with Crippen LogP contribution in [0.25, 0.3) is 0 Å². The molecule has 0 spiro atoms. The average Bonchev–Trinajstić information content (AvgIpc) is 2.87. The van der Waals surface area contributed by atoms with E-state index in [1.807, 2.05) is 25.1 Å². The molecule has 6 nitrogen and oxygen atoms in total. The van der Waals surface area contributed by atoms with Gasteiger partial charge in [0.15, 0.2) is 5.82 Å². The fraction of sp³-hybridized carbons (Fsp3) is 0.360. The molecule has 0 radical (unpaired) electrons. The van der Waals surface area contributed by atoms with Gasteiger partial charge in [-0.3, -0.25) is 0 Å². The third-order valence-electron chi connectivity index (χ3n) is 6.43. The van der Waals surface area contributed by atoms with Crippen molar-refractivity contribution < 1.29 is 9.13 Å². The van der Waals surface area contributed by atoms with Crippen LogP contribution < -0.4 is 15.1 Å². The molecule has 34 heavy (non-hydrogen) atoms. The Hall–Kier alpha value is -2.61. The van der Waals surface area contributed by atoms with Crippen molar-refractivity contribution in [3.8, 4) is 0 Å². The summed E-state index contributed by atoms with van der Waals surface area (Å²) in [5.41, 5.74) is 4.53. The summed E-state index contributed by atoms with van der Waals surface area (Å²) in [5, 5.41) is 12.8. The number of halogens is 3. The quantitative estimate of drug-likeness (QED) is 0.431. The summed E-state index contributed by atoms with van der Waals surface area (Å²) in [6.45, 7) is 6.00. The number of benzene rings is 2. The van der Waals surface area contributed by atoms with Gasteiger partial charge in [-0.05, 0) is 50.1 Å². The monoisotopic (exact) mass is 501 g/mol. The number of morpholine rings is 1. The van der Waals surface area contributed by atoms with E-state index < -0.39 is 5.82 Å². The van der Waals surface area contributed by atoms with Crippen molar-refractivity contribution in [3.05, 3.63) is 69.6 Å². The maximum absolute atomic E-state index is 14.2. The number of ether oxygens (including phenoxy) is 1. The Morgan fingerprint density at radius 1 is 1.06 bits per heavy atom. The van der Waals surface area contributed by atoms with Gasteiger partial charge in [0, 0.05) is 47.7 Å². The largest absolute Gasteiger partial charge is 0.378 e. The zero-order valence-corrected chi connectivity index (χ0v) is 20.4. The number of anilines is 4. The van der Waals surface area contributed by atoms with Crippen LogP contribution in [0.15, 0.2) is 42.5 Å². The van der Waals surface area contributed by atoms with Crippen LogP contribution in [0.1, 0.15) is 30.6 Å². The van der Waals surface area contributed by atoms with Crippen LogP contribution >= 0.6 is 23.2 Å². The molecular weight excluding hydrogens is 476 g/mol. The maximum atomic E-state index is 14.2. The van der Waals surface area contributed by atoms with Gasteiger partial charge < -0.3 is 19.9 Å². The molecule has 1 saturated heterocycles. The number of hydrogen-bond donors (Lipinski definition) is 1. The molecule has 1 fully saturated rings. The van der Waals surface area contributed by atoms with Gasteiger partial charge in [0.2, 0.25) is 0 Å². The molecule has 0 aliphatic carbocycles. The number of aryl methyl sites for hydroxylation is 1. The second-order valence-electron chi connectivity index (χ2n) is 8.57. The summed E-state index contributed by atoms with van der Waals surface area (Å²) in [7, 11) is 0. The molecule has 2 aromatic carbocycles.